The number of anilines is 1. The molecule has 0 fully saturated rings. The zero-order valence-corrected chi connectivity index (χ0v) is 10.2. The molecule has 0 atom stereocenters. The number of benzene rings is 2. The maximum Gasteiger partial charge on any atom is 0.199 e. The number of aryl methyl sites for hydroxylation is 1. The van der Waals surface area contributed by atoms with Gasteiger partial charge in [0.2, 0.25) is 0 Å². The van der Waals surface area contributed by atoms with Gasteiger partial charge in [0.05, 0.1) is 0 Å². The Morgan fingerprint density at radius 2 is 2.00 bits per heavy atom. The van der Waals surface area contributed by atoms with Crippen molar-refractivity contribution in [2.75, 3.05) is 5.73 Å². The number of nitrogens with two attached hydrogens (primary N) is 1. The summed E-state index contributed by atoms with van der Waals surface area (Å²) in [7, 11) is 0. The lowest BCUT2D eigenvalue weighted by Gasteiger charge is -1.98. The zero-order chi connectivity index (χ0) is 12.5. The average molecular weight is 238 g/mol. The monoisotopic (exact) mass is 238 g/mol. The smallest absolute Gasteiger partial charge is 0.199 e. The van der Waals surface area contributed by atoms with Crippen molar-refractivity contribution in [3.63, 3.8) is 0 Å². The Hall–Kier alpha value is -2.29. The highest BCUT2D eigenvalue weighted by atomic mass is 16.3. The Morgan fingerprint density at radius 3 is 2.78 bits per heavy atom. The Morgan fingerprint density at radius 1 is 1.17 bits per heavy atom. The highest BCUT2D eigenvalue weighted by Gasteiger charge is 2.08. The number of hydrogen-bond donors (Lipinski definition) is 1. The lowest BCUT2D eigenvalue weighted by molar-refractivity contribution is 0.542. The van der Waals surface area contributed by atoms with Crippen LogP contribution in [-0.4, -0.2) is 4.98 Å². The third-order valence-electron chi connectivity index (χ3n) is 2.96. The van der Waals surface area contributed by atoms with Crippen LogP contribution in [0.15, 0.2) is 46.9 Å². The molecule has 18 heavy (non-hydrogen) atoms. The predicted molar refractivity (Wildman–Crippen MR) is 72.4 cm³/mol. The van der Waals surface area contributed by atoms with Crippen LogP contribution in [-0.2, 0) is 6.42 Å². The van der Waals surface area contributed by atoms with Gasteiger partial charge in [-0.05, 0) is 36.2 Å². The summed E-state index contributed by atoms with van der Waals surface area (Å²) >= 11 is 0. The molecule has 3 rings (SSSR count). The number of nitrogens with zero attached hydrogens (tertiary/aromatic N) is 1. The first-order valence-electron chi connectivity index (χ1n) is 5.92. The third-order valence-corrected chi connectivity index (χ3v) is 2.96. The van der Waals surface area contributed by atoms with Gasteiger partial charge in [-0.1, -0.05) is 24.3 Å². The van der Waals surface area contributed by atoms with Crippen molar-refractivity contribution >= 4 is 16.8 Å². The first-order chi connectivity index (χ1) is 8.72. The van der Waals surface area contributed by atoms with Gasteiger partial charge in [0.25, 0.3) is 0 Å². The molecule has 0 radical (unpaired) electrons. The summed E-state index contributed by atoms with van der Waals surface area (Å²) < 4.78 is 5.79. The fourth-order valence-corrected chi connectivity index (χ4v) is 2.09. The SMILES string of the molecule is Cc1cccc2nc(Cc3cccc(N)c3)oc12. The summed E-state index contributed by atoms with van der Waals surface area (Å²) in [6.45, 7) is 2.03. The second-order valence-corrected chi connectivity index (χ2v) is 4.45. The van der Waals surface area contributed by atoms with E-state index in [0.717, 1.165) is 33.8 Å². The zero-order valence-electron chi connectivity index (χ0n) is 10.2. The standard InChI is InChI=1S/C15H14N2O/c1-10-4-2-7-13-15(10)18-14(17-13)9-11-5-3-6-12(16)8-11/h2-8H,9,16H2,1H3. The number of hydrogen-bond acceptors (Lipinski definition) is 3. The molecule has 0 aliphatic rings. The summed E-state index contributed by atoms with van der Waals surface area (Å²) in [5, 5.41) is 0. The van der Waals surface area contributed by atoms with Gasteiger partial charge in [0, 0.05) is 12.1 Å². The molecule has 90 valence electrons. The highest BCUT2D eigenvalue weighted by molar-refractivity contribution is 5.76. The molecule has 0 spiro atoms. The van der Waals surface area contributed by atoms with Gasteiger partial charge in [-0.15, -0.1) is 0 Å². The van der Waals surface area contributed by atoms with Gasteiger partial charge in [0.15, 0.2) is 11.5 Å². The van der Waals surface area contributed by atoms with Gasteiger partial charge < -0.3 is 10.2 Å². The minimum absolute atomic E-state index is 0.666. The largest absolute Gasteiger partial charge is 0.440 e. The van der Waals surface area contributed by atoms with E-state index in [1.165, 1.54) is 0 Å². The summed E-state index contributed by atoms with van der Waals surface area (Å²) in [4.78, 5) is 4.49. The van der Waals surface area contributed by atoms with E-state index < -0.39 is 0 Å². The Kier molecular flexibility index (Phi) is 2.52. The van der Waals surface area contributed by atoms with Crippen molar-refractivity contribution in [2.24, 2.45) is 0 Å². The van der Waals surface area contributed by atoms with E-state index in [9.17, 15) is 0 Å². The van der Waals surface area contributed by atoms with Crippen molar-refractivity contribution in [1.29, 1.82) is 0 Å². The molecule has 0 amide bonds. The lowest BCUT2D eigenvalue weighted by atomic mass is 10.1. The van der Waals surface area contributed by atoms with Crippen molar-refractivity contribution in [2.45, 2.75) is 13.3 Å². The lowest BCUT2D eigenvalue weighted by Crippen LogP contribution is -1.90. The van der Waals surface area contributed by atoms with Gasteiger partial charge in [-0.2, -0.15) is 0 Å². The Labute approximate surface area is 105 Å². The summed E-state index contributed by atoms with van der Waals surface area (Å²) in [6, 6.07) is 13.8. The minimum atomic E-state index is 0.666. The maximum absolute atomic E-state index is 5.79. The van der Waals surface area contributed by atoms with Crippen molar-refractivity contribution in [1.82, 2.24) is 4.98 Å². The minimum Gasteiger partial charge on any atom is -0.440 e. The quantitative estimate of drug-likeness (QED) is 0.697. The number of rotatable bonds is 2. The summed E-state index contributed by atoms with van der Waals surface area (Å²) in [5.74, 6) is 0.727. The fraction of sp³-hybridized carbons (Fsp3) is 0.133. The van der Waals surface area contributed by atoms with Crippen LogP contribution in [0, 0.1) is 6.92 Å². The molecular formula is C15H14N2O. The molecule has 2 aromatic carbocycles. The molecule has 0 aliphatic heterocycles. The average Bonchev–Trinajstić information content (AvgIpc) is 2.73. The van der Waals surface area contributed by atoms with E-state index in [1.807, 2.05) is 49.4 Å². The van der Waals surface area contributed by atoms with Gasteiger partial charge in [-0.25, -0.2) is 4.98 Å². The normalized spacial score (nSPS) is 10.9. The number of fused-ring (bicyclic) bond motifs is 1. The van der Waals surface area contributed by atoms with Gasteiger partial charge in [0.1, 0.15) is 5.52 Å². The summed E-state index contributed by atoms with van der Waals surface area (Å²) in [5.41, 5.74) is 10.5. The molecular weight excluding hydrogens is 224 g/mol. The number of oxazole rings is 1. The topological polar surface area (TPSA) is 52.0 Å². The van der Waals surface area contributed by atoms with E-state index in [4.69, 9.17) is 10.2 Å². The van der Waals surface area contributed by atoms with E-state index >= 15 is 0 Å². The fourth-order valence-electron chi connectivity index (χ4n) is 2.09. The van der Waals surface area contributed by atoms with Crippen molar-refractivity contribution < 1.29 is 4.42 Å². The third kappa shape index (κ3) is 1.95. The van der Waals surface area contributed by atoms with E-state index in [1.54, 1.807) is 0 Å². The second kappa shape index (κ2) is 4.18. The Balaban J connectivity index is 1.98. The van der Waals surface area contributed by atoms with Gasteiger partial charge >= 0.3 is 0 Å². The van der Waals surface area contributed by atoms with Gasteiger partial charge in [-0.3, -0.25) is 0 Å². The van der Waals surface area contributed by atoms with E-state index in [0.29, 0.717) is 6.42 Å². The molecule has 0 unspecified atom stereocenters. The first-order valence-corrected chi connectivity index (χ1v) is 5.92. The van der Waals surface area contributed by atoms with Crippen molar-refractivity contribution in [3.8, 4) is 0 Å². The van der Waals surface area contributed by atoms with Crippen LogP contribution in [0.1, 0.15) is 17.0 Å². The molecule has 3 heteroatoms. The molecule has 1 heterocycles. The first kappa shape index (κ1) is 10.8. The molecule has 1 aromatic heterocycles. The molecule has 0 aliphatic carbocycles. The number of aromatic nitrogens is 1. The van der Waals surface area contributed by atoms with Crippen LogP contribution < -0.4 is 5.73 Å². The molecule has 3 aromatic rings. The second-order valence-electron chi connectivity index (χ2n) is 4.45. The van der Waals surface area contributed by atoms with E-state index in [2.05, 4.69) is 4.98 Å². The van der Waals surface area contributed by atoms with Crippen LogP contribution in [0.4, 0.5) is 5.69 Å². The van der Waals surface area contributed by atoms with Crippen LogP contribution in [0.2, 0.25) is 0 Å². The van der Waals surface area contributed by atoms with Crippen LogP contribution in [0.25, 0.3) is 11.1 Å². The molecule has 0 saturated heterocycles. The van der Waals surface area contributed by atoms with E-state index in [-0.39, 0.29) is 0 Å². The molecule has 2 N–H and O–H groups in total. The highest BCUT2D eigenvalue weighted by Crippen LogP contribution is 2.21. The van der Waals surface area contributed by atoms with Crippen LogP contribution >= 0.6 is 0 Å². The molecule has 3 nitrogen and oxygen atoms in total. The molecule has 0 bridgehead atoms. The van der Waals surface area contributed by atoms with Crippen LogP contribution in [0.3, 0.4) is 0 Å². The summed E-state index contributed by atoms with van der Waals surface area (Å²) in [6.07, 6.45) is 0.666. The number of nitrogen functional groups attached to an aromatic ring is 1. The maximum atomic E-state index is 5.79. The predicted octanol–water partition coefficient (Wildman–Crippen LogP) is 3.31. The number of para-hydroxylation sites is 1. The molecule has 0 saturated carbocycles. The Bertz CT molecular complexity index is 701. The van der Waals surface area contributed by atoms with Crippen molar-refractivity contribution in [3.05, 3.63) is 59.5 Å². The van der Waals surface area contributed by atoms with Crippen LogP contribution in [0.5, 0.6) is 0 Å².